The fourth-order valence-electron chi connectivity index (χ4n) is 4.24. The van der Waals surface area contributed by atoms with E-state index in [0.29, 0.717) is 42.8 Å². The van der Waals surface area contributed by atoms with Crippen molar-refractivity contribution in [2.45, 2.75) is 25.7 Å². The molecule has 0 bridgehead atoms. The van der Waals surface area contributed by atoms with Crippen molar-refractivity contribution < 1.29 is 14.0 Å². The predicted octanol–water partition coefficient (Wildman–Crippen LogP) is 3.09. The van der Waals surface area contributed by atoms with E-state index >= 15 is 0 Å². The first kappa shape index (κ1) is 24.1. The van der Waals surface area contributed by atoms with Gasteiger partial charge in [0.15, 0.2) is 5.65 Å². The Balaban J connectivity index is 1.26. The van der Waals surface area contributed by atoms with Gasteiger partial charge in [0.2, 0.25) is 0 Å². The molecule has 13 heteroatoms. The molecule has 1 aromatic carbocycles. The number of piperidine rings is 1. The predicted molar refractivity (Wildman–Crippen MR) is 133 cm³/mol. The molecule has 4 heterocycles. The third-order valence-corrected chi connectivity index (χ3v) is 7.43. The van der Waals surface area contributed by atoms with Gasteiger partial charge in [0, 0.05) is 37.6 Å². The number of benzene rings is 1. The van der Waals surface area contributed by atoms with Crippen LogP contribution in [0, 0.1) is 12.7 Å². The Morgan fingerprint density at radius 2 is 1.97 bits per heavy atom. The lowest BCUT2D eigenvalue weighted by Gasteiger charge is -2.31. The summed E-state index contributed by atoms with van der Waals surface area (Å²) in [6.45, 7) is 2.44. The number of amides is 2. The summed E-state index contributed by atoms with van der Waals surface area (Å²) in [6, 6.07) is 4.17. The van der Waals surface area contributed by atoms with Crippen molar-refractivity contribution in [1.82, 2.24) is 29.3 Å². The molecule has 0 aliphatic carbocycles. The molecular formula is C23H21ClFN7O3S. The summed E-state index contributed by atoms with van der Waals surface area (Å²) in [5.74, 6) is -1.26. The van der Waals surface area contributed by atoms with Crippen LogP contribution >= 0.6 is 22.9 Å². The standard InChI is InChI=1S/C23H21ClFN7O3S/c1-12-26-19-14(10-30(2)28-19)22(34)32(12)29-20(33)17-11-36-21(27-17)13-6-8-31(9-7-13)23(35)18-15(24)4-3-5-16(18)25/h3-5,10-11,13H,6-9H2,1-2H3,(H,29,33). The largest absolute Gasteiger partial charge is 0.338 e. The van der Waals surface area contributed by atoms with Crippen LogP contribution in [-0.2, 0) is 7.05 Å². The summed E-state index contributed by atoms with van der Waals surface area (Å²) in [5, 5.41) is 6.91. The van der Waals surface area contributed by atoms with Gasteiger partial charge in [-0.1, -0.05) is 17.7 Å². The van der Waals surface area contributed by atoms with E-state index in [1.807, 2.05) is 0 Å². The summed E-state index contributed by atoms with van der Waals surface area (Å²) >= 11 is 7.39. The van der Waals surface area contributed by atoms with Gasteiger partial charge in [0.1, 0.15) is 22.7 Å². The number of thiazole rings is 1. The molecule has 5 rings (SSSR count). The van der Waals surface area contributed by atoms with Crippen LogP contribution in [0.5, 0.6) is 0 Å². The first-order valence-corrected chi connectivity index (χ1v) is 12.4. The van der Waals surface area contributed by atoms with E-state index in [4.69, 9.17) is 11.6 Å². The van der Waals surface area contributed by atoms with Gasteiger partial charge in [-0.25, -0.2) is 19.0 Å². The Hall–Kier alpha value is -3.64. The van der Waals surface area contributed by atoms with Crippen LogP contribution in [0.1, 0.15) is 50.4 Å². The molecule has 0 saturated carbocycles. The number of carbonyl (C=O) groups excluding carboxylic acids is 2. The van der Waals surface area contributed by atoms with E-state index in [1.54, 1.807) is 30.4 Å². The summed E-state index contributed by atoms with van der Waals surface area (Å²) in [5.41, 5.74) is 2.52. The molecule has 10 nitrogen and oxygen atoms in total. The van der Waals surface area contributed by atoms with E-state index in [0.717, 1.165) is 9.68 Å². The molecule has 1 aliphatic rings. The Morgan fingerprint density at radius 3 is 2.69 bits per heavy atom. The molecule has 36 heavy (non-hydrogen) atoms. The molecule has 0 radical (unpaired) electrons. The summed E-state index contributed by atoms with van der Waals surface area (Å²) < 4.78 is 16.7. The number of rotatable bonds is 4. The molecule has 1 aliphatic heterocycles. The van der Waals surface area contributed by atoms with E-state index in [-0.39, 0.29) is 22.2 Å². The molecule has 2 amide bonds. The molecule has 1 N–H and O–H groups in total. The number of nitrogens with zero attached hydrogens (tertiary/aromatic N) is 6. The molecule has 3 aromatic heterocycles. The lowest BCUT2D eigenvalue weighted by molar-refractivity contribution is 0.0708. The molecule has 1 fully saturated rings. The summed E-state index contributed by atoms with van der Waals surface area (Å²) in [7, 11) is 1.69. The smallest absolute Gasteiger partial charge is 0.289 e. The zero-order valence-electron chi connectivity index (χ0n) is 19.4. The van der Waals surface area contributed by atoms with E-state index in [1.165, 1.54) is 34.2 Å². The fourth-order valence-corrected chi connectivity index (χ4v) is 5.46. The van der Waals surface area contributed by atoms with E-state index < -0.39 is 23.2 Å². The number of aromatic nitrogens is 5. The van der Waals surface area contributed by atoms with Gasteiger partial charge in [-0.2, -0.15) is 5.10 Å². The van der Waals surface area contributed by atoms with Crippen molar-refractivity contribution >= 4 is 45.8 Å². The molecular weight excluding hydrogens is 509 g/mol. The van der Waals surface area contributed by atoms with Crippen LogP contribution in [-0.4, -0.2) is 54.2 Å². The van der Waals surface area contributed by atoms with Crippen LogP contribution in [0.3, 0.4) is 0 Å². The zero-order chi connectivity index (χ0) is 25.6. The zero-order valence-corrected chi connectivity index (χ0v) is 20.9. The number of likely N-dealkylation sites (tertiary alicyclic amines) is 1. The van der Waals surface area contributed by atoms with E-state index in [9.17, 15) is 18.8 Å². The highest BCUT2D eigenvalue weighted by Crippen LogP contribution is 2.32. The maximum Gasteiger partial charge on any atom is 0.289 e. The van der Waals surface area contributed by atoms with Gasteiger partial charge in [0.25, 0.3) is 17.4 Å². The van der Waals surface area contributed by atoms with Crippen molar-refractivity contribution in [3.8, 4) is 0 Å². The number of fused-ring (bicyclic) bond motifs is 1. The lowest BCUT2D eigenvalue weighted by Crippen LogP contribution is -2.38. The maximum atomic E-state index is 14.2. The third kappa shape index (κ3) is 4.37. The Bertz CT molecular complexity index is 1530. The normalized spacial score (nSPS) is 14.4. The Kier molecular flexibility index (Phi) is 6.31. The van der Waals surface area contributed by atoms with Crippen LogP contribution in [0.25, 0.3) is 11.0 Å². The third-order valence-electron chi connectivity index (χ3n) is 6.11. The Morgan fingerprint density at radius 1 is 1.22 bits per heavy atom. The van der Waals surface area contributed by atoms with Gasteiger partial charge in [-0.3, -0.25) is 24.5 Å². The maximum absolute atomic E-state index is 14.2. The highest BCUT2D eigenvalue weighted by Gasteiger charge is 2.29. The minimum absolute atomic E-state index is 0.0505. The van der Waals surface area contributed by atoms with Crippen LogP contribution in [0.15, 0.2) is 34.6 Å². The topological polar surface area (TPSA) is 115 Å². The minimum atomic E-state index is -0.641. The number of aryl methyl sites for hydroxylation is 2. The molecule has 0 spiro atoms. The highest BCUT2D eigenvalue weighted by molar-refractivity contribution is 7.09. The fraction of sp³-hybridized carbons (Fsp3) is 0.304. The molecule has 0 atom stereocenters. The first-order chi connectivity index (χ1) is 17.2. The monoisotopic (exact) mass is 529 g/mol. The number of hydrogen-bond donors (Lipinski definition) is 1. The van der Waals surface area contributed by atoms with Crippen LogP contribution < -0.4 is 11.0 Å². The van der Waals surface area contributed by atoms with Crippen molar-refractivity contribution in [3.05, 3.63) is 73.1 Å². The average molecular weight is 530 g/mol. The number of hydrogen-bond acceptors (Lipinski definition) is 7. The van der Waals surface area contributed by atoms with Crippen molar-refractivity contribution in [1.29, 1.82) is 0 Å². The Labute approximate surface area is 213 Å². The van der Waals surface area contributed by atoms with Crippen LogP contribution in [0.4, 0.5) is 4.39 Å². The molecule has 0 unspecified atom stereocenters. The van der Waals surface area contributed by atoms with Crippen LogP contribution in [0.2, 0.25) is 5.02 Å². The minimum Gasteiger partial charge on any atom is -0.338 e. The lowest BCUT2D eigenvalue weighted by atomic mass is 9.97. The highest BCUT2D eigenvalue weighted by atomic mass is 35.5. The molecule has 1 saturated heterocycles. The molecule has 4 aromatic rings. The second-order valence-electron chi connectivity index (χ2n) is 8.51. The van der Waals surface area contributed by atoms with Crippen molar-refractivity contribution in [2.75, 3.05) is 18.5 Å². The first-order valence-electron chi connectivity index (χ1n) is 11.2. The van der Waals surface area contributed by atoms with Gasteiger partial charge in [-0.05, 0) is 31.9 Å². The van der Waals surface area contributed by atoms with Gasteiger partial charge in [-0.15, -0.1) is 11.3 Å². The average Bonchev–Trinajstić information content (AvgIpc) is 3.48. The quantitative estimate of drug-likeness (QED) is 0.434. The summed E-state index contributed by atoms with van der Waals surface area (Å²) in [6.07, 6.45) is 2.78. The number of nitrogens with one attached hydrogen (secondary N) is 1. The van der Waals surface area contributed by atoms with Crippen molar-refractivity contribution in [2.24, 2.45) is 7.05 Å². The second-order valence-corrected chi connectivity index (χ2v) is 9.81. The number of halogens is 2. The van der Waals surface area contributed by atoms with E-state index in [2.05, 4.69) is 20.5 Å². The second kappa shape index (κ2) is 9.43. The molecule has 186 valence electrons. The van der Waals surface area contributed by atoms with Gasteiger partial charge in [0.05, 0.1) is 15.6 Å². The van der Waals surface area contributed by atoms with Gasteiger partial charge < -0.3 is 4.90 Å². The SMILES string of the molecule is Cc1nc2nn(C)cc2c(=O)n1NC(=O)c1csc(C2CCN(C(=O)c3c(F)cccc3Cl)CC2)n1. The number of carbonyl (C=O) groups is 2. The van der Waals surface area contributed by atoms with Gasteiger partial charge >= 0.3 is 0 Å². The summed E-state index contributed by atoms with van der Waals surface area (Å²) in [4.78, 5) is 48.7. The van der Waals surface area contributed by atoms with Crippen molar-refractivity contribution in [3.63, 3.8) is 0 Å².